The SMILES string of the molecule is Cc1nc2c(c(=O)[nH]1)CCN(CCC(C)C)C2. The number of aromatic amines is 1. The van der Waals surface area contributed by atoms with Crippen molar-refractivity contribution in [3.8, 4) is 0 Å². The Hall–Kier alpha value is -1.16. The minimum Gasteiger partial charge on any atom is -0.311 e. The molecule has 1 aromatic heterocycles. The van der Waals surface area contributed by atoms with Crippen molar-refractivity contribution in [2.75, 3.05) is 13.1 Å². The summed E-state index contributed by atoms with van der Waals surface area (Å²) < 4.78 is 0. The summed E-state index contributed by atoms with van der Waals surface area (Å²) in [4.78, 5) is 21.4. The summed E-state index contributed by atoms with van der Waals surface area (Å²) in [7, 11) is 0. The Morgan fingerprint density at radius 2 is 2.24 bits per heavy atom. The van der Waals surface area contributed by atoms with Crippen LogP contribution in [0.1, 0.15) is 37.4 Å². The summed E-state index contributed by atoms with van der Waals surface area (Å²) in [6.07, 6.45) is 2.04. The van der Waals surface area contributed by atoms with Gasteiger partial charge in [0.15, 0.2) is 0 Å². The summed E-state index contributed by atoms with van der Waals surface area (Å²) >= 11 is 0. The Balaban J connectivity index is 2.10. The number of aromatic nitrogens is 2. The molecular weight excluding hydrogens is 214 g/mol. The summed E-state index contributed by atoms with van der Waals surface area (Å²) in [6, 6.07) is 0. The van der Waals surface area contributed by atoms with Crippen molar-refractivity contribution >= 4 is 0 Å². The first-order valence-electron chi connectivity index (χ1n) is 6.37. The van der Waals surface area contributed by atoms with Gasteiger partial charge in [-0.3, -0.25) is 9.69 Å². The Morgan fingerprint density at radius 3 is 2.94 bits per heavy atom. The van der Waals surface area contributed by atoms with Gasteiger partial charge in [-0.15, -0.1) is 0 Å². The average Bonchev–Trinajstić information content (AvgIpc) is 2.25. The third kappa shape index (κ3) is 2.94. The second kappa shape index (κ2) is 5.00. The third-order valence-electron chi connectivity index (χ3n) is 3.29. The maximum Gasteiger partial charge on any atom is 0.254 e. The highest BCUT2D eigenvalue weighted by Crippen LogP contribution is 2.14. The number of nitrogens with one attached hydrogen (secondary N) is 1. The van der Waals surface area contributed by atoms with E-state index in [1.807, 2.05) is 6.92 Å². The van der Waals surface area contributed by atoms with E-state index in [4.69, 9.17) is 0 Å². The van der Waals surface area contributed by atoms with Crippen molar-refractivity contribution in [1.29, 1.82) is 0 Å². The largest absolute Gasteiger partial charge is 0.311 e. The van der Waals surface area contributed by atoms with E-state index in [0.717, 1.165) is 49.1 Å². The molecule has 1 aliphatic heterocycles. The van der Waals surface area contributed by atoms with Gasteiger partial charge >= 0.3 is 0 Å². The van der Waals surface area contributed by atoms with Crippen LogP contribution in [-0.4, -0.2) is 28.0 Å². The first kappa shape index (κ1) is 12.3. The summed E-state index contributed by atoms with van der Waals surface area (Å²) in [6.45, 7) is 9.23. The van der Waals surface area contributed by atoms with Crippen molar-refractivity contribution in [2.24, 2.45) is 5.92 Å². The molecule has 1 aromatic rings. The smallest absolute Gasteiger partial charge is 0.254 e. The van der Waals surface area contributed by atoms with Crippen molar-refractivity contribution < 1.29 is 0 Å². The number of aryl methyl sites for hydroxylation is 1. The number of nitrogens with zero attached hydrogens (tertiary/aromatic N) is 2. The van der Waals surface area contributed by atoms with Gasteiger partial charge in [0.2, 0.25) is 0 Å². The second-order valence-electron chi connectivity index (χ2n) is 5.29. The minimum atomic E-state index is 0.0519. The van der Waals surface area contributed by atoms with E-state index in [-0.39, 0.29) is 5.56 Å². The van der Waals surface area contributed by atoms with Gasteiger partial charge in [-0.1, -0.05) is 13.8 Å². The fraction of sp³-hybridized carbons (Fsp3) is 0.692. The number of H-pyrrole nitrogens is 1. The fourth-order valence-electron chi connectivity index (χ4n) is 2.25. The number of hydrogen-bond acceptors (Lipinski definition) is 3. The molecule has 2 heterocycles. The lowest BCUT2D eigenvalue weighted by molar-refractivity contribution is 0.234. The molecule has 4 heteroatoms. The fourth-order valence-corrected chi connectivity index (χ4v) is 2.25. The zero-order chi connectivity index (χ0) is 12.4. The molecule has 17 heavy (non-hydrogen) atoms. The van der Waals surface area contributed by atoms with Crippen LogP contribution in [0.2, 0.25) is 0 Å². The summed E-state index contributed by atoms with van der Waals surface area (Å²) in [5.41, 5.74) is 1.91. The molecule has 0 aliphatic carbocycles. The van der Waals surface area contributed by atoms with E-state index in [2.05, 4.69) is 28.7 Å². The number of fused-ring (bicyclic) bond motifs is 1. The summed E-state index contributed by atoms with van der Waals surface area (Å²) in [5, 5.41) is 0. The highest BCUT2D eigenvalue weighted by Gasteiger charge is 2.20. The van der Waals surface area contributed by atoms with Gasteiger partial charge in [-0.25, -0.2) is 4.98 Å². The van der Waals surface area contributed by atoms with Crippen molar-refractivity contribution in [2.45, 2.75) is 40.2 Å². The van der Waals surface area contributed by atoms with Crippen molar-refractivity contribution in [1.82, 2.24) is 14.9 Å². The monoisotopic (exact) mass is 235 g/mol. The van der Waals surface area contributed by atoms with Gasteiger partial charge in [0.05, 0.1) is 5.69 Å². The first-order valence-corrected chi connectivity index (χ1v) is 6.37. The Kier molecular flexibility index (Phi) is 3.62. The van der Waals surface area contributed by atoms with E-state index >= 15 is 0 Å². The zero-order valence-electron chi connectivity index (χ0n) is 10.9. The lowest BCUT2D eigenvalue weighted by Gasteiger charge is -2.28. The summed E-state index contributed by atoms with van der Waals surface area (Å²) in [5.74, 6) is 1.45. The molecule has 0 spiro atoms. The molecule has 0 saturated heterocycles. The maximum atomic E-state index is 11.7. The standard InChI is InChI=1S/C13H21N3O/c1-9(2)4-6-16-7-5-11-12(8-16)14-10(3)15-13(11)17/h9H,4-8H2,1-3H3,(H,14,15,17). The molecule has 0 saturated carbocycles. The molecule has 94 valence electrons. The van der Waals surface area contributed by atoms with Crippen LogP contribution in [0.5, 0.6) is 0 Å². The molecule has 0 radical (unpaired) electrons. The zero-order valence-corrected chi connectivity index (χ0v) is 10.9. The number of hydrogen-bond donors (Lipinski definition) is 1. The maximum absolute atomic E-state index is 11.7. The van der Waals surface area contributed by atoms with Crippen molar-refractivity contribution in [3.63, 3.8) is 0 Å². The number of rotatable bonds is 3. The van der Waals surface area contributed by atoms with Gasteiger partial charge in [0.25, 0.3) is 5.56 Å². The van der Waals surface area contributed by atoms with Crippen LogP contribution in [0.25, 0.3) is 0 Å². The molecule has 0 atom stereocenters. The molecule has 0 amide bonds. The minimum absolute atomic E-state index is 0.0519. The Morgan fingerprint density at radius 1 is 1.47 bits per heavy atom. The Labute approximate surface area is 102 Å². The van der Waals surface area contributed by atoms with Crippen LogP contribution < -0.4 is 5.56 Å². The topological polar surface area (TPSA) is 49.0 Å². The molecule has 2 rings (SSSR count). The van der Waals surface area contributed by atoms with Gasteiger partial charge in [0, 0.05) is 18.7 Å². The molecule has 0 aromatic carbocycles. The quantitative estimate of drug-likeness (QED) is 0.863. The van der Waals surface area contributed by atoms with E-state index in [0.29, 0.717) is 0 Å². The third-order valence-corrected chi connectivity index (χ3v) is 3.29. The molecule has 1 aliphatic rings. The van der Waals surface area contributed by atoms with E-state index < -0.39 is 0 Å². The van der Waals surface area contributed by atoms with Crippen LogP contribution in [0.4, 0.5) is 0 Å². The van der Waals surface area contributed by atoms with Gasteiger partial charge < -0.3 is 4.98 Å². The first-order chi connectivity index (χ1) is 8.06. The highest BCUT2D eigenvalue weighted by molar-refractivity contribution is 5.20. The van der Waals surface area contributed by atoms with E-state index in [9.17, 15) is 4.79 Å². The van der Waals surface area contributed by atoms with Crippen LogP contribution in [-0.2, 0) is 13.0 Å². The molecule has 4 nitrogen and oxygen atoms in total. The predicted octanol–water partition coefficient (Wildman–Crippen LogP) is 1.48. The van der Waals surface area contributed by atoms with E-state index in [1.54, 1.807) is 0 Å². The van der Waals surface area contributed by atoms with Crippen LogP contribution in [0.3, 0.4) is 0 Å². The van der Waals surface area contributed by atoms with Gasteiger partial charge in [-0.2, -0.15) is 0 Å². The molecule has 0 unspecified atom stereocenters. The Bertz CT molecular complexity index is 450. The lowest BCUT2D eigenvalue weighted by Crippen LogP contribution is -2.36. The average molecular weight is 235 g/mol. The molecule has 1 N–H and O–H groups in total. The highest BCUT2D eigenvalue weighted by atomic mass is 16.1. The van der Waals surface area contributed by atoms with Crippen LogP contribution in [0.15, 0.2) is 4.79 Å². The van der Waals surface area contributed by atoms with Gasteiger partial charge in [-0.05, 0) is 32.2 Å². The van der Waals surface area contributed by atoms with E-state index in [1.165, 1.54) is 6.42 Å². The second-order valence-corrected chi connectivity index (χ2v) is 5.29. The molecule has 0 fully saturated rings. The van der Waals surface area contributed by atoms with Gasteiger partial charge in [0.1, 0.15) is 5.82 Å². The predicted molar refractivity (Wildman–Crippen MR) is 68.0 cm³/mol. The molecule has 0 bridgehead atoms. The molecular formula is C13H21N3O. The van der Waals surface area contributed by atoms with Crippen LogP contribution >= 0.6 is 0 Å². The lowest BCUT2D eigenvalue weighted by atomic mass is 10.0. The van der Waals surface area contributed by atoms with Crippen LogP contribution in [0, 0.1) is 12.8 Å². The van der Waals surface area contributed by atoms with Crippen molar-refractivity contribution in [3.05, 3.63) is 27.4 Å². The normalized spacial score (nSPS) is 16.2.